The number of benzene rings is 10. The molecular formula is C50H30O. The lowest BCUT2D eigenvalue weighted by molar-refractivity contribution is 0.673. The van der Waals surface area contributed by atoms with E-state index in [0.29, 0.717) is 0 Å². The standard InChI is InChI=1S/C50H30O/c1-2-14-31(15-3-1)34-28-29-43(38-21-9-8-20-37(34)38)46-39-22-10-12-24-41(39)47(42-25-13-11-23-40(42)46)49-35-18-6-5-17-33(35)30-45-48(49)44-27-26-32-16-4-7-19-36(32)50(44)51-45/h1-30H. The number of hydrogen-bond donors (Lipinski definition) is 0. The summed E-state index contributed by atoms with van der Waals surface area (Å²) in [5.74, 6) is 0. The van der Waals surface area contributed by atoms with Crippen LogP contribution in [0, 0.1) is 0 Å². The number of hydrogen-bond acceptors (Lipinski definition) is 1. The Bertz CT molecular complexity index is 3130. The third kappa shape index (κ3) is 4.09. The van der Waals surface area contributed by atoms with Crippen LogP contribution in [0.2, 0.25) is 0 Å². The summed E-state index contributed by atoms with van der Waals surface area (Å²) in [6.45, 7) is 0. The number of rotatable bonds is 3. The van der Waals surface area contributed by atoms with Gasteiger partial charge in [-0.15, -0.1) is 0 Å². The average Bonchev–Trinajstić information content (AvgIpc) is 3.58. The molecule has 0 aliphatic rings. The molecule has 0 spiro atoms. The molecule has 0 unspecified atom stereocenters. The second kappa shape index (κ2) is 10.9. The van der Waals surface area contributed by atoms with Gasteiger partial charge in [0, 0.05) is 21.7 Å². The fourth-order valence-electron chi connectivity index (χ4n) is 8.66. The maximum atomic E-state index is 6.85. The second-order valence-corrected chi connectivity index (χ2v) is 13.5. The normalized spacial score (nSPS) is 11.9. The van der Waals surface area contributed by atoms with Gasteiger partial charge in [-0.2, -0.15) is 0 Å². The first-order valence-electron chi connectivity index (χ1n) is 17.6. The molecule has 0 N–H and O–H groups in total. The van der Waals surface area contributed by atoms with Crippen LogP contribution in [0.3, 0.4) is 0 Å². The highest BCUT2D eigenvalue weighted by molar-refractivity contribution is 6.32. The summed E-state index contributed by atoms with van der Waals surface area (Å²) in [7, 11) is 0. The van der Waals surface area contributed by atoms with Crippen LogP contribution in [0.25, 0.3) is 109 Å². The Hall–Kier alpha value is -6.70. The van der Waals surface area contributed by atoms with Gasteiger partial charge >= 0.3 is 0 Å². The molecule has 0 saturated carbocycles. The van der Waals surface area contributed by atoms with E-state index in [4.69, 9.17) is 4.42 Å². The summed E-state index contributed by atoms with van der Waals surface area (Å²) >= 11 is 0. The van der Waals surface area contributed by atoms with Gasteiger partial charge in [-0.3, -0.25) is 0 Å². The summed E-state index contributed by atoms with van der Waals surface area (Å²) in [6.07, 6.45) is 0. The molecule has 0 aliphatic carbocycles. The van der Waals surface area contributed by atoms with Crippen LogP contribution in [-0.2, 0) is 0 Å². The van der Waals surface area contributed by atoms with Crippen molar-refractivity contribution < 1.29 is 4.42 Å². The molecule has 10 aromatic carbocycles. The summed E-state index contributed by atoms with van der Waals surface area (Å²) in [5.41, 5.74) is 9.30. The Kier molecular flexibility index (Phi) is 6.02. The lowest BCUT2D eigenvalue weighted by atomic mass is 9.82. The Balaban J connectivity index is 1.31. The van der Waals surface area contributed by atoms with Crippen LogP contribution in [0.15, 0.2) is 186 Å². The first-order chi connectivity index (χ1) is 25.3. The highest BCUT2D eigenvalue weighted by Gasteiger charge is 2.24. The predicted molar refractivity (Wildman–Crippen MR) is 218 cm³/mol. The lowest BCUT2D eigenvalue weighted by Crippen LogP contribution is -1.93. The second-order valence-electron chi connectivity index (χ2n) is 13.5. The van der Waals surface area contributed by atoms with Crippen molar-refractivity contribution in [1.82, 2.24) is 0 Å². The SMILES string of the molecule is c1ccc(-c2ccc(-c3c4ccccc4c(-c4c5ccccc5cc5oc6c7ccccc7ccc6c45)c4ccccc34)c3ccccc23)cc1. The van der Waals surface area contributed by atoms with Crippen molar-refractivity contribution in [2.24, 2.45) is 0 Å². The predicted octanol–water partition coefficient (Wildman–Crippen LogP) is 14.4. The van der Waals surface area contributed by atoms with E-state index in [1.54, 1.807) is 0 Å². The summed E-state index contributed by atoms with van der Waals surface area (Å²) < 4.78 is 6.85. The maximum Gasteiger partial charge on any atom is 0.143 e. The number of furan rings is 1. The molecule has 1 heterocycles. The van der Waals surface area contributed by atoms with Crippen LogP contribution in [0.5, 0.6) is 0 Å². The monoisotopic (exact) mass is 646 g/mol. The zero-order chi connectivity index (χ0) is 33.5. The average molecular weight is 647 g/mol. The molecule has 0 atom stereocenters. The van der Waals surface area contributed by atoms with Gasteiger partial charge in [0.25, 0.3) is 0 Å². The van der Waals surface area contributed by atoms with Crippen molar-refractivity contribution in [3.05, 3.63) is 182 Å². The Morgan fingerprint density at radius 1 is 0.294 bits per heavy atom. The molecule has 0 aliphatic heterocycles. The van der Waals surface area contributed by atoms with E-state index in [-0.39, 0.29) is 0 Å². The van der Waals surface area contributed by atoms with Gasteiger partial charge in [-0.05, 0) is 88.4 Å². The van der Waals surface area contributed by atoms with Gasteiger partial charge in [0.05, 0.1) is 0 Å². The van der Waals surface area contributed by atoms with Crippen molar-refractivity contribution in [1.29, 1.82) is 0 Å². The fourth-order valence-corrected chi connectivity index (χ4v) is 8.66. The molecule has 0 bridgehead atoms. The Labute approximate surface area is 294 Å². The van der Waals surface area contributed by atoms with E-state index in [2.05, 4.69) is 182 Å². The van der Waals surface area contributed by atoms with Gasteiger partial charge < -0.3 is 4.42 Å². The van der Waals surface area contributed by atoms with E-state index < -0.39 is 0 Å². The van der Waals surface area contributed by atoms with E-state index in [1.807, 2.05) is 0 Å². The molecule has 0 fully saturated rings. The molecule has 11 aromatic rings. The first kappa shape index (κ1) is 28.2. The van der Waals surface area contributed by atoms with Crippen molar-refractivity contribution in [3.63, 3.8) is 0 Å². The molecule has 236 valence electrons. The van der Waals surface area contributed by atoms with Gasteiger partial charge in [0.15, 0.2) is 0 Å². The number of fused-ring (bicyclic) bond motifs is 9. The van der Waals surface area contributed by atoms with Crippen LogP contribution in [0.4, 0.5) is 0 Å². The zero-order valence-electron chi connectivity index (χ0n) is 27.7. The molecule has 0 saturated heterocycles. The molecule has 1 nitrogen and oxygen atoms in total. The summed E-state index contributed by atoms with van der Waals surface area (Å²) in [4.78, 5) is 0. The highest BCUT2D eigenvalue weighted by Crippen LogP contribution is 2.51. The van der Waals surface area contributed by atoms with E-state index >= 15 is 0 Å². The molecular weight excluding hydrogens is 617 g/mol. The fraction of sp³-hybridized carbons (Fsp3) is 0. The van der Waals surface area contributed by atoms with E-state index in [0.717, 1.165) is 27.3 Å². The van der Waals surface area contributed by atoms with Crippen molar-refractivity contribution in [3.8, 4) is 33.4 Å². The Morgan fingerprint density at radius 2 is 0.804 bits per heavy atom. The molecule has 11 rings (SSSR count). The smallest absolute Gasteiger partial charge is 0.143 e. The maximum absolute atomic E-state index is 6.85. The van der Waals surface area contributed by atoms with Crippen molar-refractivity contribution >= 4 is 75.8 Å². The highest BCUT2D eigenvalue weighted by atomic mass is 16.3. The van der Waals surface area contributed by atoms with Crippen LogP contribution in [0.1, 0.15) is 0 Å². The van der Waals surface area contributed by atoms with E-state index in [1.165, 1.54) is 81.9 Å². The third-order valence-corrected chi connectivity index (χ3v) is 10.8. The molecule has 0 radical (unpaired) electrons. The Morgan fingerprint density at radius 3 is 1.49 bits per heavy atom. The molecule has 1 aromatic heterocycles. The topological polar surface area (TPSA) is 13.1 Å². The van der Waals surface area contributed by atoms with Crippen LogP contribution in [-0.4, -0.2) is 0 Å². The van der Waals surface area contributed by atoms with Crippen molar-refractivity contribution in [2.45, 2.75) is 0 Å². The van der Waals surface area contributed by atoms with Crippen LogP contribution < -0.4 is 0 Å². The third-order valence-electron chi connectivity index (χ3n) is 10.8. The van der Waals surface area contributed by atoms with Gasteiger partial charge in [-0.25, -0.2) is 0 Å². The molecule has 51 heavy (non-hydrogen) atoms. The quantitative estimate of drug-likeness (QED) is 0.174. The zero-order valence-corrected chi connectivity index (χ0v) is 27.7. The lowest BCUT2D eigenvalue weighted by Gasteiger charge is -2.21. The first-order valence-corrected chi connectivity index (χ1v) is 17.6. The van der Waals surface area contributed by atoms with Gasteiger partial charge in [0.2, 0.25) is 0 Å². The van der Waals surface area contributed by atoms with Gasteiger partial charge in [0.1, 0.15) is 11.2 Å². The van der Waals surface area contributed by atoms with Gasteiger partial charge in [-0.1, -0.05) is 170 Å². The minimum Gasteiger partial charge on any atom is -0.455 e. The minimum absolute atomic E-state index is 0.912. The molecule has 0 amide bonds. The van der Waals surface area contributed by atoms with Crippen LogP contribution >= 0.6 is 0 Å². The van der Waals surface area contributed by atoms with E-state index in [9.17, 15) is 0 Å². The molecule has 1 heteroatoms. The summed E-state index contributed by atoms with van der Waals surface area (Å²) in [6, 6.07) is 66.2. The van der Waals surface area contributed by atoms with Crippen molar-refractivity contribution in [2.75, 3.05) is 0 Å². The minimum atomic E-state index is 0.912. The largest absolute Gasteiger partial charge is 0.455 e. The summed E-state index contributed by atoms with van der Waals surface area (Å²) in [5, 5.41) is 14.5.